The predicted octanol–water partition coefficient (Wildman–Crippen LogP) is 4.31. The molecular formula is C16H8ClF3N2O2. The number of halogens is 4. The Balaban J connectivity index is 2.27. The van der Waals surface area contributed by atoms with Crippen molar-refractivity contribution in [1.82, 2.24) is 9.78 Å². The van der Waals surface area contributed by atoms with E-state index < -0.39 is 23.4 Å². The number of carboxylic acid groups (broad SMARTS) is 1. The van der Waals surface area contributed by atoms with Crippen LogP contribution in [0.25, 0.3) is 16.9 Å². The minimum atomic E-state index is -1.35. The molecule has 0 fully saturated rings. The van der Waals surface area contributed by atoms with Gasteiger partial charge in [-0.15, -0.1) is 0 Å². The summed E-state index contributed by atoms with van der Waals surface area (Å²) < 4.78 is 42.0. The highest BCUT2D eigenvalue weighted by molar-refractivity contribution is 6.30. The van der Waals surface area contributed by atoms with E-state index in [4.69, 9.17) is 16.7 Å². The second-order valence-electron chi connectivity index (χ2n) is 4.83. The van der Waals surface area contributed by atoms with Crippen molar-refractivity contribution in [1.29, 1.82) is 0 Å². The molecule has 0 radical (unpaired) electrons. The van der Waals surface area contributed by atoms with Crippen LogP contribution < -0.4 is 0 Å². The summed E-state index contributed by atoms with van der Waals surface area (Å²) in [6.07, 6.45) is 0. The molecule has 122 valence electrons. The monoisotopic (exact) mass is 352 g/mol. The number of aromatic carboxylic acids is 1. The highest BCUT2D eigenvalue weighted by Gasteiger charge is 2.20. The molecule has 0 saturated heterocycles. The third kappa shape index (κ3) is 2.74. The van der Waals surface area contributed by atoms with Gasteiger partial charge in [0, 0.05) is 5.56 Å². The Bertz CT molecular complexity index is 956. The van der Waals surface area contributed by atoms with E-state index in [1.165, 1.54) is 24.3 Å². The van der Waals surface area contributed by atoms with Crippen molar-refractivity contribution in [2.45, 2.75) is 0 Å². The predicted molar refractivity (Wildman–Crippen MR) is 80.8 cm³/mol. The van der Waals surface area contributed by atoms with Gasteiger partial charge in [0.25, 0.3) is 0 Å². The Morgan fingerprint density at radius 1 is 1.08 bits per heavy atom. The maximum atomic E-state index is 14.1. The summed E-state index contributed by atoms with van der Waals surface area (Å²) in [4.78, 5) is 11.2. The fourth-order valence-electron chi connectivity index (χ4n) is 2.19. The van der Waals surface area contributed by atoms with Gasteiger partial charge in [0.2, 0.25) is 0 Å². The van der Waals surface area contributed by atoms with Gasteiger partial charge in [0.1, 0.15) is 5.82 Å². The molecule has 3 rings (SSSR count). The largest absolute Gasteiger partial charge is 0.476 e. The number of aromatic nitrogens is 2. The van der Waals surface area contributed by atoms with Gasteiger partial charge in [0.15, 0.2) is 17.3 Å². The van der Waals surface area contributed by atoms with Gasteiger partial charge in [-0.1, -0.05) is 17.7 Å². The van der Waals surface area contributed by atoms with Crippen LogP contribution in [0.5, 0.6) is 0 Å². The van der Waals surface area contributed by atoms with Crippen LogP contribution in [0.4, 0.5) is 13.2 Å². The topological polar surface area (TPSA) is 55.1 Å². The van der Waals surface area contributed by atoms with Crippen molar-refractivity contribution in [3.8, 4) is 16.9 Å². The lowest BCUT2D eigenvalue weighted by atomic mass is 10.1. The molecule has 0 aliphatic heterocycles. The van der Waals surface area contributed by atoms with Gasteiger partial charge >= 0.3 is 5.97 Å². The smallest absolute Gasteiger partial charge is 0.356 e. The van der Waals surface area contributed by atoms with Crippen LogP contribution >= 0.6 is 11.6 Å². The van der Waals surface area contributed by atoms with Crippen LogP contribution in [0.3, 0.4) is 0 Å². The normalized spacial score (nSPS) is 10.8. The summed E-state index contributed by atoms with van der Waals surface area (Å²) in [6, 6.07) is 8.15. The van der Waals surface area contributed by atoms with Crippen molar-refractivity contribution in [3.63, 3.8) is 0 Å². The number of rotatable bonds is 3. The van der Waals surface area contributed by atoms with E-state index in [0.29, 0.717) is 0 Å². The third-order valence-corrected chi connectivity index (χ3v) is 3.59. The molecule has 1 heterocycles. The molecule has 24 heavy (non-hydrogen) atoms. The van der Waals surface area contributed by atoms with Crippen LogP contribution in [-0.2, 0) is 0 Å². The maximum Gasteiger partial charge on any atom is 0.356 e. The first-order chi connectivity index (χ1) is 11.4. The zero-order chi connectivity index (χ0) is 17.4. The molecular weight excluding hydrogens is 345 g/mol. The van der Waals surface area contributed by atoms with E-state index >= 15 is 0 Å². The minimum Gasteiger partial charge on any atom is -0.476 e. The molecule has 0 atom stereocenters. The summed E-state index contributed by atoms with van der Waals surface area (Å²) in [5.74, 6) is -4.26. The van der Waals surface area contributed by atoms with E-state index in [9.17, 15) is 18.0 Å². The van der Waals surface area contributed by atoms with Crippen LogP contribution in [-0.4, -0.2) is 20.9 Å². The number of hydrogen-bond acceptors (Lipinski definition) is 2. The van der Waals surface area contributed by atoms with Gasteiger partial charge in [-0.3, -0.25) is 0 Å². The first-order valence-electron chi connectivity index (χ1n) is 6.61. The molecule has 0 saturated carbocycles. The molecule has 1 aromatic heterocycles. The van der Waals surface area contributed by atoms with E-state index in [-0.39, 0.29) is 27.7 Å². The van der Waals surface area contributed by atoms with Crippen molar-refractivity contribution >= 4 is 17.6 Å². The van der Waals surface area contributed by atoms with E-state index in [1.807, 2.05) is 0 Å². The number of hydrogen-bond donors (Lipinski definition) is 1. The van der Waals surface area contributed by atoms with E-state index in [0.717, 1.165) is 22.9 Å². The molecule has 0 bridgehead atoms. The molecule has 3 aromatic rings. The van der Waals surface area contributed by atoms with Gasteiger partial charge in [-0.25, -0.2) is 22.6 Å². The SMILES string of the molecule is O=C(O)c1cc(-c2cccc(F)c2F)n(-c2ccc(F)c(Cl)c2)n1. The van der Waals surface area contributed by atoms with E-state index in [2.05, 4.69) is 5.10 Å². The van der Waals surface area contributed by atoms with Crippen molar-refractivity contribution < 1.29 is 23.1 Å². The number of carbonyl (C=O) groups is 1. The highest BCUT2D eigenvalue weighted by Crippen LogP contribution is 2.29. The summed E-state index contributed by atoms with van der Waals surface area (Å²) in [5, 5.41) is 12.7. The molecule has 0 spiro atoms. The summed E-state index contributed by atoms with van der Waals surface area (Å²) >= 11 is 5.72. The van der Waals surface area contributed by atoms with Crippen molar-refractivity contribution in [2.75, 3.05) is 0 Å². The van der Waals surface area contributed by atoms with Crippen LogP contribution in [0.1, 0.15) is 10.5 Å². The average molecular weight is 353 g/mol. The summed E-state index contributed by atoms with van der Waals surface area (Å²) in [6.45, 7) is 0. The zero-order valence-electron chi connectivity index (χ0n) is 11.8. The quantitative estimate of drug-likeness (QED) is 0.764. The summed E-state index contributed by atoms with van der Waals surface area (Å²) in [7, 11) is 0. The number of carboxylic acids is 1. The first-order valence-corrected chi connectivity index (χ1v) is 6.99. The molecule has 8 heteroatoms. The van der Waals surface area contributed by atoms with Gasteiger partial charge in [-0.2, -0.15) is 5.10 Å². The molecule has 0 unspecified atom stereocenters. The fourth-order valence-corrected chi connectivity index (χ4v) is 2.37. The molecule has 2 aromatic carbocycles. The highest BCUT2D eigenvalue weighted by atomic mass is 35.5. The Labute approximate surface area is 138 Å². The Kier molecular flexibility index (Phi) is 4.02. The Morgan fingerprint density at radius 3 is 2.50 bits per heavy atom. The van der Waals surface area contributed by atoms with Gasteiger partial charge in [-0.05, 0) is 36.4 Å². The van der Waals surface area contributed by atoms with Gasteiger partial charge < -0.3 is 5.11 Å². The van der Waals surface area contributed by atoms with E-state index in [1.54, 1.807) is 0 Å². The molecule has 0 aliphatic rings. The van der Waals surface area contributed by atoms with Crippen molar-refractivity contribution in [3.05, 3.63) is 70.6 Å². The standard InChI is InChI=1S/C16H8ClF3N2O2/c17-10-6-8(4-5-11(10)18)22-14(7-13(21-22)16(23)24)9-2-1-3-12(19)15(9)20/h1-7H,(H,23,24). The van der Waals surface area contributed by atoms with Gasteiger partial charge in [0.05, 0.1) is 16.4 Å². The first kappa shape index (κ1) is 16.1. The molecule has 0 amide bonds. The number of benzene rings is 2. The maximum absolute atomic E-state index is 14.1. The molecule has 4 nitrogen and oxygen atoms in total. The third-order valence-electron chi connectivity index (χ3n) is 3.30. The van der Waals surface area contributed by atoms with Crippen LogP contribution in [0.2, 0.25) is 5.02 Å². The number of nitrogens with zero attached hydrogens (tertiary/aromatic N) is 2. The summed E-state index contributed by atoms with van der Waals surface area (Å²) in [5.41, 5.74) is -0.371. The zero-order valence-corrected chi connectivity index (χ0v) is 12.6. The Hall–Kier alpha value is -2.80. The molecule has 1 N–H and O–H groups in total. The van der Waals surface area contributed by atoms with Crippen molar-refractivity contribution in [2.24, 2.45) is 0 Å². The van der Waals surface area contributed by atoms with Crippen LogP contribution in [0, 0.1) is 17.5 Å². The average Bonchev–Trinajstić information content (AvgIpc) is 2.98. The second kappa shape index (κ2) is 6.01. The fraction of sp³-hybridized carbons (Fsp3) is 0. The Morgan fingerprint density at radius 2 is 1.83 bits per heavy atom. The lowest BCUT2D eigenvalue weighted by Crippen LogP contribution is -2.03. The molecule has 0 aliphatic carbocycles. The van der Waals surface area contributed by atoms with Crippen LogP contribution in [0.15, 0.2) is 42.5 Å². The second-order valence-corrected chi connectivity index (χ2v) is 5.24. The minimum absolute atomic E-state index is 0.00734. The lowest BCUT2D eigenvalue weighted by Gasteiger charge is -2.09. The lowest BCUT2D eigenvalue weighted by molar-refractivity contribution is 0.0690.